The Bertz CT molecular complexity index is 512. The first-order valence-electron chi connectivity index (χ1n) is 6.10. The number of hydrogen-bond donors (Lipinski definition) is 1. The second kappa shape index (κ2) is 6.01. The van der Waals surface area contributed by atoms with Crippen molar-refractivity contribution in [3.05, 3.63) is 24.0 Å². The first kappa shape index (κ1) is 13.1. The first-order chi connectivity index (χ1) is 9.19. The third-order valence-electron chi connectivity index (χ3n) is 2.82. The molecule has 0 atom stereocenters. The highest BCUT2D eigenvalue weighted by Gasteiger charge is 2.25. The van der Waals surface area contributed by atoms with E-state index < -0.39 is 5.97 Å². The highest BCUT2D eigenvalue weighted by Crippen LogP contribution is 2.30. The Morgan fingerprint density at radius 2 is 2.21 bits per heavy atom. The van der Waals surface area contributed by atoms with Crippen LogP contribution in [0.4, 0.5) is 5.95 Å². The third kappa shape index (κ3) is 4.11. The average molecular weight is 257 g/mol. The first-order valence-corrected chi connectivity index (χ1v) is 6.10. The molecule has 98 valence electrons. The summed E-state index contributed by atoms with van der Waals surface area (Å²) in [6.07, 6.45) is 13.5. The fourth-order valence-electron chi connectivity index (χ4n) is 1.69. The van der Waals surface area contributed by atoms with Crippen molar-refractivity contribution in [1.82, 2.24) is 9.97 Å². The van der Waals surface area contributed by atoms with E-state index in [1.54, 1.807) is 12.4 Å². The van der Waals surface area contributed by atoms with Crippen LogP contribution in [0, 0.1) is 18.3 Å². The zero-order valence-corrected chi connectivity index (χ0v) is 10.5. The number of aliphatic carboxylic acids is 1. The second-order valence-electron chi connectivity index (χ2n) is 4.52. The van der Waals surface area contributed by atoms with Gasteiger partial charge in [0.2, 0.25) is 5.95 Å². The Hall–Kier alpha value is -2.35. The smallest absolute Gasteiger partial charge is 0.328 e. The summed E-state index contributed by atoms with van der Waals surface area (Å²) in [5.41, 5.74) is 0.651. The molecule has 1 aliphatic rings. The minimum absolute atomic E-state index is 0.487. The van der Waals surface area contributed by atoms with Crippen molar-refractivity contribution in [3.8, 4) is 12.3 Å². The Morgan fingerprint density at radius 1 is 1.53 bits per heavy atom. The molecule has 1 aromatic rings. The lowest BCUT2D eigenvalue weighted by molar-refractivity contribution is -0.131. The fraction of sp³-hybridized carbons (Fsp3) is 0.357. The molecule has 1 aromatic heterocycles. The number of aromatic nitrogens is 2. The van der Waals surface area contributed by atoms with E-state index in [9.17, 15) is 4.79 Å². The molecule has 0 radical (unpaired) electrons. The summed E-state index contributed by atoms with van der Waals surface area (Å²) in [4.78, 5) is 20.8. The van der Waals surface area contributed by atoms with Crippen LogP contribution in [0.1, 0.15) is 18.4 Å². The quantitative estimate of drug-likeness (QED) is 0.616. The van der Waals surface area contributed by atoms with Crippen molar-refractivity contribution in [3.63, 3.8) is 0 Å². The predicted octanol–water partition coefficient (Wildman–Crippen LogP) is 1.42. The summed E-state index contributed by atoms with van der Waals surface area (Å²) >= 11 is 0. The molecule has 1 fully saturated rings. The van der Waals surface area contributed by atoms with Gasteiger partial charge in [-0.25, -0.2) is 14.8 Å². The maximum atomic E-state index is 10.4. The largest absolute Gasteiger partial charge is 0.478 e. The molecule has 0 unspecified atom stereocenters. The SMILES string of the molecule is C#CCN(CC1CC1)c1ncc(/C=C/C(=O)O)cn1. The van der Waals surface area contributed by atoms with Crippen molar-refractivity contribution >= 4 is 18.0 Å². The predicted molar refractivity (Wildman–Crippen MR) is 72.5 cm³/mol. The zero-order chi connectivity index (χ0) is 13.7. The zero-order valence-electron chi connectivity index (χ0n) is 10.5. The molecule has 0 spiro atoms. The van der Waals surface area contributed by atoms with Gasteiger partial charge in [0.1, 0.15) is 0 Å². The summed E-state index contributed by atoms with van der Waals surface area (Å²) in [6, 6.07) is 0. The van der Waals surface area contributed by atoms with E-state index in [-0.39, 0.29) is 0 Å². The Kier molecular flexibility index (Phi) is 4.14. The number of carboxylic acid groups (broad SMARTS) is 1. The van der Waals surface area contributed by atoms with Gasteiger partial charge in [-0.1, -0.05) is 5.92 Å². The van der Waals surface area contributed by atoms with E-state index in [1.807, 2.05) is 4.90 Å². The van der Waals surface area contributed by atoms with Gasteiger partial charge >= 0.3 is 5.97 Å². The summed E-state index contributed by atoms with van der Waals surface area (Å²) in [5.74, 6) is 2.91. The minimum Gasteiger partial charge on any atom is -0.478 e. The van der Waals surface area contributed by atoms with Gasteiger partial charge in [0.25, 0.3) is 0 Å². The Labute approximate surface area is 112 Å². The van der Waals surface area contributed by atoms with Gasteiger partial charge in [-0.15, -0.1) is 6.42 Å². The van der Waals surface area contributed by atoms with Crippen LogP contribution in [0.25, 0.3) is 6.08 Å². The van der Waals surface area contributed by atoms with Crippen molar-refractivity contribution in [2.75, 3.05) is 18.0 Å². The van der Waals surface area contributed by atoms with E-state index >= 15 is 0 Å². The monoisotopic (exact) mass is 257 g/mol. The Morgan fingerprint density at radius 3 is 2.74 bits per heavy atom. The third-order valence-corrected chi connectivity index (χ3v) is 2.82. The van der Waals surface area contributed by atoms with E-state index in [0.717, 1.165) is 12.6 Å². The van der Waals surface area contributed by atoms with Gasteiger partial charge in [0.15, 0.2) is 0 Å². The molecule has 1 saturated carbocycles. The molecule has 2 rings (SSSR count). The van der Waals surface area contributed by atoms with Gasteiger partial charge in [0.05, 0.1) is 6.54 Å². The van der Waals surface area contributed by atoms with Crippen LogP contribution in [0.2, 0.25) is 0 Å². The van der Waals surface area contributed by atoms with E-state index in [4.69, 9.17) is 11.5 Å². The molecule has 0 aromatic carbocycles. The van der Waals surface area contributed by atoms with Crippen molar-refractivity contribution in [2.24, 2.45) is 5.92 Å². The maximum absolute atomic E-state index is 10.4. The normalized spacial score (nSPS) is 14.3. The second-order valence-corrected chi connectivity index (χ2v) is 4.52. The number of nitrogens with zero attached hydrogens (tertiary/aromatic N) is 3. The van der Waals surface area contributed by atoms with Gasteiger partial charge in [-0.05, 0) is 24.8 Å². The van der Waals surface area contributed by atoms with Crippen LogP contribution in [0.5, 0.6) is 0 Å². The van der Waals surface area contributed by atoms with Crippen LogP contribution >= 0.6 is 0 Å². The van der Waals surface area contributed by atoms with E-state index in [2.05, 4.69) is 15.9 Å². The van der Waals surface area contributed by atoms with Gasteiger partial charge < -0.3 is 10.0 Å². The van der Waals surface area contributed by atoms with Gasteiger partial charge in [-0.3, -0.25) is 0 Å². The molecular formula is C14H15N3O2. The molecule has 0 saturated heterocycles. The lowest BCUT2D eigenvalue weighted by Gasteiger charge is -2.19. The number of terminal acetylenes is 1. The Balaban J connectivity index is 2.06. The molecule has 5 nitrogen and oxygen atoms in total. The van der Waals surface area contributed by atoms with E-state index in [1.165, 1.54) is 18.9 Å². The number of hydrogen-bond acceptors (Lipinski definition) is 4. The number of carbonyl (C=O) groups is 1. The van der Waals surface area contributed by atoms with Crippen LogP contribution in [0.3, 0.4) is 0 Å². The van der Waals surface area contributed by atoms with E-state index in [0.29, 0.717) is 24.0 Å². The van der Waals surface area contributed by atoms with Crippen molar-refractivity contribution in [1.29, 1.82) is 0 Å². The lowest BCUT2D eigenvalue weighted by atomic mass is 10.3. The van der Waals surface area contributed by atoms with Gasteiger partial charge in [-0.2, -0.15) is 0 Å². The molecular weight excluding hydrogens is 242 g/mol. The minimum atomic E-state index is -0.994. The highest BCUT2D eigenvalue weighted by atomic mass is 16.4. The summed E-state index contributed by atoms with van der Waals surface area (Å²) < 4.78 is 0. The molecule has 1 N–H and O–H groups in total. The van der Waals surface area contributed by atoms with Crippen LogP contribution in [0.15, 0.2) is 18.5 Å². The van der Waals surface area contributed by atoms with Crippen LogP contribution < -0.4 is 4.90 Å². The highest BCUT2D eigenvalue weighted by molar-refractivity contribution is 5.85. The maximum Gasteiger partial charge on any atom is 0.328 e. The van der Waals surface area contributed by atoms with Crippen LogP contribution in [-0.4, -0.2) is 34.1 Å². The fourth-order valence-corrected chi connectivity index (χ4v) is 1.69. The molecule has 5 heteroatoms. The molecule has 19 heavy (non-hydrogen) atoms. The average Bonchev–Trinajstić information content (AvgIpc) is 3.20. The van der Waals surface area contributed by atoms with Crippen molar-refractivity contribution < 1.29 is 9.90 Å². The summed E-state index contributed by atoms with van der Waals surface area (Å²) in [7, 11) is 0. The van der Waals surface area contributed by atoms with Crippen LogP contribution in [-0.2, 0) is 4.79 Å². The molecule has 1 heterocycles. The number of rotatable bonds is 6. The summed E-state index contributed by atoms with van der Waals surface area (Å²) in [6.45, 7) is 1.37. The topological polar surface area (TPSA) is 66.3 Å². The molecule has 0 aliphatic heterocycles. The summed E-state index contributed by atoms with van der Waals surface area (Å²) in [5, 5.41) is 8.54. The number of anilines is 1. The standard InChI is InChI=1S/C14H15N3O2/c1-2-7-17(10-11-3-4-11)14-15-8-12(9-16-14)5-6-13(18)19/h1,5-6,8-9,11H,3-4,7,10H2,(H,18,19)/b6-5+. The van der Waals surface area contributed by atoms with Crippen molar-refractivity contribution in [2.45, 2.75) is 12.8 Å². The number of carboxylic acids is 1. The molecule has 1 aliphatic carbocycles. The molecule has 0 bridgehead atoms. The lowest BCUT2D eigenvalue weighted by Crippen LogP contribution is -2.27. The van der Waals surface area contributed by atoms with Gasteiger partial charge in [0, 0.05) is 30.6 Å². The molecule has 0 amide bonds.